The Labute approximate surface area is 134 Å². The van der Waals surface area contributed by atoms with Gasteiger partial charge in [0.1, 0.15) is 11.6 Å². The number of hydrogen-bond acceptors (Lipinski definition) is 5. The number of nitrogens with zero attached hydrogens (tertiary/aromatic N) is 2. The third-order valence-corrected chi connectivity index (χ3v) is 4.23. The van der Waals surface area contributed by atoms with Gasteiger partial charge >= 0.3 is 0 Å². The Morgan fingerprint density at radius 1 is 1.27 bits per heavy atom. The van der Waals surface area contributed by atoms with Crippen molar-refractivity contribution >= 4 is 16.7 Å². The first-order valence-corrected chi connectivity index (χ1v) is 8.10. The fraction of sp³-hybridized carbons (Fsp3) is 0.500. The molecule has 0 unspecified atom stereocenters. The van der Waals surface area contributed by atoms with E-state index in [9.17, 15) is 4.39 Å². The molecule has 0 bridgehead atoms. The lowest BCUT2D eigenvalue weighted by Crippen LogP contribution is -2.27. The summed E-state index contributed by atoms with van der Waals surface area (Å²) in [4.78, 5) is 4.47. The zero-order valence-electron chi connectivity index (χ0n) is 13.2. The maximum absolute atomic E-state index is 13.0. The van der Waals surface area contributed by atoms with E-state index in [0.717, 1.165) is 36.0 Å². The van der Waals surface area contributed by atoms with Gasteiger partial charge in [-0.2, -0.15) is 4.37 Å². The van der Waals surface area contributed by atoms with Gasteiger partial charge in [-0.05, 0) is 24.1 Å². The molecular weight excluding hydrogens is 301 g/mol. The van der Waals surface area contributed by atoms with Gasteiger partial charge in [0.2, 0.25) is 5.13 Å². The van der Waals surface area contributed by atoms with Crippen molar-refractivity contribution in [3.8, 4) is 0 Å². The molecule has 0 spiro atoms. The topological polar surface area (TPSA) is 47.0 Å². The first kappa shape index (κ1) is 16.8. The number of rotatable bonds is 8. The summed E-state index contributed by atoms with van der Waals surface area (Å²) in [5.41, 5.74) is 0.974. The summed E-state index contributed by atoms with van der Waals surface area (Å²) in [6.45, 7) is 5.67. The molecule has 0 radical (unpaired) electrons. The highest BCUT2D eigenvalue weighted by atomic mass is 32.1. The first-order chi connectivity index (χ1) is 10.5. The molecule has 2 aromatic rings. The quantitative estimate of drug-likeness (QED) is 0.753. The van der Waals surface area contributed by atoms with E-state index in [1.807, 2.05) is 12.1 Å². The molecular formula is C16H22FN3OS. The molecule has 2 rings (SSSR count). The van der Waals surface area contributed by atoms with E-state index < -0.39 is 0 Å². The van der Waals surface area contributed by atoms with Crippen LogP contribution in [0.1, 0.15) is 31.7 Å². The molecule has 1 aromatic heterocycles. The molecule has 1 N–H and O–H groups in total. The Kier molecular flexibility index (Phi) is 5.85. The van der Waals surface area contributed by atoms with Crippen molar-refractivity contribution in [1.82, 2.24) is 9.36 Å². The second kappa shape index (κ2) is 7.65. The number of nitrogens with one attached hydrogen (secondary N) is 1. The Bertz CT molecular complexity index is 583. The van der Waals surface area contributed by atoms with Crippen LogP contribution in [0.5, 0.6) is 0 Å². The molecule has 1 aromatic carbocycles. The Morgan fingerprint density at radius 3 is 2.68 bits per heavy atom. The second-order valence-corrected chi connectivity index (χ2v) is 6.61. The summed E-state index contributed by atoms with van der Waals surface area (Å²) >= 11 is 1.37. The smallest absolute Gasteiger partial charge is 0.202 e. The maximum atomic E-state index is 13.0. The molecule has 1 heterocycles. The van der Waals surface area contributed by atoms with E-state index in [4.69, 9.17) is 4.74 Å². The lowest BCUT2D eigenvalue weighted by atomic mass is 9.85. The maximum Gasteiger partial charge on any atom is 0.202 e. The van der Waals surface area contributed by atoms with Crippen LogP contribution in [0.3, 0.4) is 0 Å². The van der Waals surface area contributed by atoms with Crippen LogP contribution in [-0.2, 0) is 16.6 Å². The van der Waals surface area contributed by atoms with Gasteiger partial charge in [0.25, 0.3) is 0 Å². The molecule has 0 aliphatic heterocycles. The third-order valence-electron chi connectivity index (χ3n) is 3.52. The molecule has 4 nitrogen and oxygen atoms in total. The largest absolute Gasteiger partial charge is 0.385 e. The minimum Gasteiger partial charge on any atom is -0.385 e. The van der Waals surface area contributed by atoms with Crippen LogP contribution in [0.15, 0.2) is 24.3 Å². The molecule has 6 heteroatoms. The summed E-state index contributed by atoms with van der Waals surface area (Å²) in [5.74, 6) is 0.640. The number of halogens is 1. The van der Waals surface area contributed by atoms with Crippen LogP contribution < -0.4 is 5.32 Å². The highest BCUT2D eigenvalue weighted by Gasteiger charge is 2.21. The zero-order valence-corrected chi connectivity index (χ0v) is 14.0. The highest BCUT2D eigenvalue weighted by molar-refractivity contribution is 7.09. The van der Waals surface area contributed by atoms with Gasteiger partial charge in [0.15, 0.2) is 0 Å². The number of anilines is 1. The van der Waals surface area contributed by atoms with Crippen molar-refractivity contribution in [1.29, 1.82) is 0 Å². The number of ether oxygens (including phenoxy) is 1. The average molecular weight is 323 g/mol. The van der Waals surface area contributed by atoms with Gasteiger partial charge in [-0.1, -0.05) is 26.0 Å². The summed E-state index contributed by atoms with van der Waals surface area (Å²) in [6.07, 6.45) is 1.75. The van der Waals surface area contributed by atoms with E-state index in [1.54, 1.807) is 7.11 Å². The van der Waals surface area contributed by atoms with Crippen molar-refractivity contribution in [3.63, 3.8) is 0 Å². The van der Waals surface area contributed by atoms with Crippen LogP contribution in [0.4, 0.5) is 9.52 Å². The Hall–Kier alpha value is -1.53. The third kappa shape index (κ3) is 4.74. The number of aryl methyl sites for hydroxylation is 1. The second-order valence-electron chi connectivity index (χ2n) is 5.86. The van der Waals surface area contributed by atoms with Gasteiger partial charge in [-0.15, -0.1) is 0 Å². The molecule has 0 saturated carbocycles. The fourth-order valence-electron chi connectivity index (χ4n) is 2.10. The average Bonchev–Trinajstić information content (AvgIpc) is 2.94. The van der Waals surface area contributed by atoms with E-state index >= 15 is 0 Å². The van der Waals surface area contributed by atoms with Crippen molar-refractivity contribution in [2.45, 2.75) is 32.1 Å². The summed E-state index contributed by atoms with van der Waals surface area (Å²) in [5, 5.41) is 4.15. The van der Waals surface area contributed by atoms with E-state index in [-0.39, 0.29) is 11.2 Å². The van der Waals surface area contributed by atoms with Gasteiger partial charge in [-0.3, -0.25) is 0 Å². The van der Waals surface area contributed by atoms with Crippen LogP contribution in [0.2, 0.25) is 0 Å². The van der Waals surface area contributed by atoms with Crippen LogP contribution in [-0.4, -0.2) is 29.6 Å². The van der Waals surface area contributed by atoms with Crippen LogP contribution in [0.25, 0.3) is 0 Å². The van der Waals surface area contributed by atoms with Gasteiger partial charge < -0.3 is 10.1 Å². The lowest BCUT2D eigenvalue weighted by molar-refractivity contribution is 0.194. The Balaban J connectivity index is 1.90. The van der Waals surface area contributed by atoms with E-state index in [1.165, 1.54) is 23.7 Å². The first-order valence-electron chi connectivity index (χ1n) is 7.33. The van der Waals surface area contributed by atoms with Crippen molar-refractivity contribution in [3.05, 3.63) is 41.5 Å². The molecule has 0 amide bonds. The van der Waals surface area contributed by atoms with Crippen molar-refractivity contribution < 1.29 is 9.13 Å². The normalized spacial score (nSPS) is 11.6. The number of aromatic nitrogens is 2. The van der Waals surface area contributed by atoms with E-state index in [2.05, 4.69) is 28.5 Å². The lowest BCUT2D eigenvalue weighted by Gasteiger charge is -2.25. The van der Waals surface area contributed by atoms with Gasteiger partial charge in [0.05, 0.1) is 0 Å². The fourth-order valence-corrected chi connectivity index (χ4v) is 2.71. The van der Waals surface area contributed by atoms with Crippen molar-refractivity contribution in [2.24, 2.45) is 0 Å². The molecule has 0 aliphatic carbocycles. The summed E-state index contributed by atoms with van der Waals surface area (Å²) < 4.78 is 22.4. The Morgan fingerprint density at radius 2 is 2.00 bits per heavy atom. The number of benzene rings is 1. The predicted molar refractivity (Wildman–Crippen MR) is 88.0 cm³/mol. The van der Waals surface area contributed by atoms with Gasteiger partial charge in [0, 0.05) is 43.6 Å². The zero-order chi connectivity index (χ0) is 16.0. The molecule has 0 saturated heterocycles. The van der Waals surface area contributed by atoms with Crippen molar-refractivity contribution in [2.75, 3.05) is 25.6 Å². The minimum absolute atomic E-state index is 0.115. The summed E-state index contributed by atoms with van der Waals surface area (Å²) in [6, 6.07) is 6.65. The predicted octanol–water partition coefficient (Wildman–Crippen LogP) is 3.65. The van der Waals surface area contributed by atoms with Gasteiger partial charge in [-0.25, -0.2) is 9.37 Å². The van der Waals surface area contributed by atoms with Crippen LogP contribution >= 0.6 is 11.5 Å². The highest BCUT2D eigenvalue weighted by Crippen LogP contribution is 2.24. The minimum atomic E-state index is -0.211. The monoisotopic (exact) mass is 323 g/mol. The van der Waals surface area contributed by atoms with Crippen LogP contribution in [0, 0.1) is 5.82 Å². The molecule has 0 fully saturated rings. The number of hydrogen-bond donors (Lipinski definition) is 1. The standard InChI is InChI=1S/C16H22FN3OS/c1-16(2,12-6-8-13(17)9-7-12)11-18-15-19-14(20-22-15)5-4-10-21-3/h6-9H,4-5,10-11H2,1-3H3,(H,18,19,20). The molecule has 0 aliphatic rings. The molecule has 0 atom stereocenters. The SMILES string of the molecule is COCCCc1nsc(NCC(C)(C)c2ccc(F)cc2)n1. The summed E-state index contributed by atoms with van der Waals surface area (Å²) in [7, 11) is 1.69. The molecule has 22 heavy (non-hydrogen) atoms. The molecule has 120 valence electrons. The van der Waals surface area contributed by atoms with E-state index in [0.29, 0.717) is 6.54 Å². The number of methoxy groups -OCH3 is 1.